The third kappa shape index (κ3) is 3.99. The third-order valence-electron chi connectivity index (χ3n) is 4.42. The first-order valence-electron chi connectivity index (χ1n) is 8.12. The first-order chi connectivity index (χ1) is 9.58. The van der Waals surface area contributed by atoms with Crippen molar-refractivity contribution in [1.82, 2.24) is 0 Å². The van der Waals surface area contributed by atoms with Gasteiger partial charge in [0.05, 0.1) is 6.10 Å². The Morgan fingerprint density at radius 1 is 1.10 bits per heavy atom. The predicted molar refractivity (Wildman–Crippen MR) is 86.1 cm³/mol. The van der Waals surface area contributed by atoms with Crippen molar-refractivity contribution < 1.29 is 5.11 Å². The fourth-order valence-electron chi connectivity index (χ4n) is 3.08. The highest BCUT2D eigenvalue weighted by molar-refractivity contribution is 5.49. The maximum absolute atomic E-state index is 9.63. The summed E-state index contributed by atoms with van der Waals surface area (Å²) < 4.78 is 0. The van der Waals surface area contributed by atoms with Gasteiger partial charge in [-0.1, -0.05) is 38.8 Å². The van der Waals surface area contributed by atoms with Crippen molar-refractivity contribution in [3.63, 3.8) is 0 Å². The number of benzene rings is 1. The SMILES string of the molecule is CC(C)CCN(c1ccc(C(C)O)cc1)C1CCCC1. The molecule has 2 nitrogen and oxygen atoms in total. The average Bonchev–Trinajstić information content (AvgIpc) is 2.93. The predicted octanol–water partition coefficient (Wildman–Crippen LogP) is 4.54. The average molecular weight is 275 g/mol. The van der Waals surface area contributed by atoms with Gasteiger partial charge in [-0.15, -0.1) is 0 Å². The number of anilines is 1. The van der Waals surface area contributed by atoms with Crippen molar-refractivity contribution in [2.24, 2.45) is 5.92 Å². The van der Waals surface area contributed by atoms with Crippen LogP contribution in [0.15, 0.2) is 24.3 Å². The number of aliphatic hydroxyl groups is 1. The van der Waals surface area contributed by atoms with Gasteiger partial charge in [0.25, 0.3) is 0 Å². The molecular weight excluding hydrogens is 246 g/mol. The fraction of sp³-hybridized carbons (Fsp3) is 0.667. The van der Waals surface area contributed by atoms with Gasteiger partial charge in [0.15, 0.2) is 0 Å². The fourth-order valence-corrected chi connectivity index (χ4v) is 3.08. The van der Waals surface area contributed by atoms with Gasteiger partial charge in [-0.3, -0.25) is 0 Å². The number of hydrogen-bond donors (Lipinski definition) is 1. The Hall–Kier alpha value is -1.02. The van der Waals surface area contributed by atoms with Crippen molar-refractivity contribution in [2.45, 2.75) is 65.0 Å². The topological polar surface area (TPSA) is 23.5 Å². The molecule has 0 amide bonds. The van der Waals surface area contributed by atoms with Gasteiger partial charge in [0.1, 0.15) is 0 Å². The van der Waals surface area contributed by atoms with Crippen LogP contribution in [0.3, 0.4) is 0 Å². The van der Waals surface area contributed by atoms with Gasteiger partial charge >= 0.3 is 0 Å². The van der Waals surface area contributed by atoms with Crippen molar-refractivity contribution >= 4 is 5.69 Å². The van der Waals surface area contributed by atoms with Crippen LogP contribution in [-0.4, -0.2) is 17.7 Å². The summed E-state index contributed by atoms with van der Waals surface area (Å²) in [5.41, 5.74) is 2.32. The molecule has 0 bridgehead atoms. The van der Waals surface area contributed by atoms with Gasteiger partial charge in [0, 0.05) is 18.3 Å². The van der Waals surface area contributed by atoms with E-state index in [1.54, 1.807) is 0 Å². The van der Waals surface area contributed by atoms with Gasteiger partial charge in [-0.05, 0) is 49.8 Å². The largest absolute Gasteiger partial charge is 0.389 e. The van der Waals surface area contributed by atoms with Gasteiger partial charge in [0.2, 0.25) is 0 Å². The first-order valence-corrected chi connectivity index (χ1v) is 8.12. The molecule has 1 aliphatic carbocycles. The Labute approximate surface area is 123 Å². The van der Waals surface area contributed by atoms with E-state index in [9.17, 15) is 5.11 Å². The van der Waals surface area contributed by atoms with Crippen LogP contribution in [0.25, 0.3) is 0 Å². The highest BCUT2D eigenvalue weighted by Crippen LogP contribution is 2.29. The van der Waals surface area contributed by atoms with E-state index in [1.165, 1.54) is 37.8 Å². The van der Waals surface area contributed by atoms with Crippen LogP contribution in [0.4, 0.5) is 5.69 Å². The van der Waals surface area contributed by atoms with Crippen LogP contribution in [0.5, 0.6) is 0 Å². The maximum Gasteiger partial charge on any atom is 0.0761 e. The molecule has 1 aliphatic rings. The monoisotopic (exact) mass is 275 g/mol. The molecule has 0 saturated heterocycles. The lowest BCUT2D eigenvalue weighted by Crippen LogP contribution is -2.34. The molecule has 1 N–H and O–H groups in total. The summed E-state index contributed by atoms with van der Waals surface area (Å²) in [6.45, 7) is 7.56. The van der Waals surface area contributed by atoms with Crippen LogP contribution in [-0.2, 0) is 0 Å². The molecule has 0 spiro atoms. The molecular formula is C18H29NO. The highest BCUT2D eigenvalue weighted by atomic mass is 16.3. The van der Waals surface area contributed by atoms with E-state index >= 15 is 0 Å². The Morgan fingerprint density at radius 2 is 1.70 bits per heavy atom. The number of rotatable bonds is 6. The Kier molecular flexibility index (Phi) is 5.47. The minimum atomic E-state index is -0.375. The lowest BCUT2D eigenvalue weighted by molar-refractivity contribution is 0.199. The minimum Gasteiger partial charge on any atom is -0.389 e. The summed E-state index contributed by atoms with van der Waals surface area (Å²) in [7, 11) is 0. The van der Waals surface area contributed by atoms with Crippen LogP contribution >= 0.6 is 0 Å². The van der Waals surface area contributed by atoms with Crippen LogP contribution < -0.4 is 4.90 Å². The second-order valence-corrected chi connectivity index (χ2v) is 6.58. The molecule has 1 aromatic carbocycles. The summed E-state index contributed by atoms with van der Waals surface area (Å²) in [5.74, 6) is 0.746. The van der Waals surface area contributed by atoms with Gasteiger partial charge in [-0.2, -0.15) is 0 Å². The maximum atomic E-state index is 9.63. The van der Waals surface area contributed by atoms with Crippen molar-refractivity contribution in [2.75, 3.05) is 11.4 Å². The highest BCUT2D eigenvalue weighted by Gasteiger charge is 2.22. The quantitative estimate of drug-likeness (QED) is 0.824. The van der Waals surface area contributed by atoms with Crippen LogP contribution in [0.1, 0.15) is 64.5 Å². The van der Waals surface area contributed by atoms with E-state index in [1.807, 2.05) is 6.92 Å². The van der Waals surface area contributed by atoms with E-state index in [0.29, 0.717) is 6.04 Å². The molecule has 1 fully saturated rings. The summed E-state index contributed by atoms with van der Waals surface area (Å²) in [4.78, 5) is 2.60. The van der Waals surface area contributed by atoms with E-state index in [0.717, 1.165) is 18.0 Å². The second-order valence-electron chi connectivity index (χ2n) is 6.58. The van der Waals surface area contributed by atoms with Gasteiger partial charge < -0.3 is 10.0 Å². The van der Waals surface area contributed by atoms with Crippen molar-refractivity contribution in [3.05, 3.63) is 29.8 Å². The summed E-state index contributed by atoms with van der Waals surface area (Å²) in [6, 6.07) is 9.21. The van der Waals surface area contributed by atoms with E-state index in [4.69, 9.17) is 0 Å². The molecule has 2 heteroatoms. The Balaban J connectivity index is 2.11. The summed E-state index contributed by atoms with van der Waals surface area (Å²) in [5, 5.41) is 9.63. The molecule has 0 aliphatic heterocycles. The first kappa shape index (κ1) is 15.4. The normalized spacial score (nSPS) is 17.6. The molecule has 2 rings (SSSR count). The lowest BCUT2D eigenvalue weighted by atomic mass is 10.1. The van der Waals surface area contributed by atoms with E-state index in [-0.39, 0.29) is 6.10 Å². The summed E-state index contributed by atoms with van der Waals surface area (Å²) >= 11 is 0. The smallest absolute Gasteiger partial charge is 0.0761 e. The molecule has 0 radical (unpaired) electrons. The molecule has 0 heterocycles. The number of hydrogen-bond acceptors (Lipinski definition) is 2. The third-order valence-corrected chi connectivity index (χ3v) is 4.42. The van der Waals surface area contributed by atoms with E-state index in [2.05, 4.69) is 43.0 Å². The molecule has 112 valence electrons. The number of aliphatic hydroxyl groups excluding tert-OH is 1. The molecule has 1 atom stereocenters. The van der Waals surface area contributed by atoms with Gasteiger partial charge in [-0.25, -0.2) is 0 Å². The number of nitrogens with zero attached hydrogens (tertiary/aromatic N) is 1. The van der Waals surface area contributed by atoms with E-state index < -0.39 is 0 Å². The van der Waals surface area contributed by atoms with Crippen molar-refractivity contribution in [1.29, 1.82) is 0 Å². The lowest BCUT2D eigenvalue weighted by Gasteiger charge is -2.32. The van der Waals surface area contributed by atoms with Crippen LogP contribution in [0, 0.1) is 5.92 Å². The molecule has 1 unspecified atom stereocenters. The summed E-state index contributed by atoms with van der Waals surface area (Å²) in [6.07, 6.45) is 6.27. The zero-order valence-electron chi connectivity index (χ0n) is 13.2. The molecule has 20 heavy (non-hydrogen) atoms. The van der Waals surface area contributed by atoms with Crippen molar-refractivity contribution in [3.8, 4) is 0 Å². The zero-order valence-corrected chi connectivity index (χ0v) is 13.2. The minimum absolute atomic E-state index is 0.375. The standard InChI is InChI=1S/C18H29NO/c1-14(2)12-13-19(17-6-4-5-7-17)18-10-8-16(9-11-18)15(3)20/h8-11,14-15,17,20H,4-7,12-13H2,1-3H3. The Morgan fingerprint density at radius 3 is 2.20 bits per heavy atom. The second kappa shape index (κ2) is 7.12. The zero-order chi connectivity index (χ0) is 14.5. The Bertz CT molecular complexity index is 390. The molecule has 0 aromatic heterocycles. The molecule has 1 saturated carbocycles. The van der Waals surface area contributed by atoms with Crippen LogP contribution in [0.2, 0.25) is 0 Å². The molecule has 1 aromatic rings.